The molecule has 0 saturated heterocycles. The standard InChI is InChI=1S/C51H69F7N4O13S/c1-2-42(49(64)38-32-44-43(7-30-76-44)62-45(59)33-38)61-35-37-4-3-36(31-39(37)51(56,57)58)5-8-60-9-11-66-13-15-68-17-19-70-21-23-72-25-27-74-29-28-73-26-24-71-22-20-69-18-16-67-14-12-65-10-6-46(63)75-50-47(54)40(52)34-41(53)48(50)55/h3-4,7,30-32,34,42,60-61H,2,5-6,8-29,33,35H2,1H3,(H2,59,62). The number of amidine groups is 1. The number of nitrogens with two attached hydrogens (primary N) is 1. The first-order valence-electron chi connectivity index (χ1n) is 24.9. The number of Topliss-reactive ketones (excluding diaryl/α,β-unsaturated/α-hetero) is 1. The molecule has 0 saturated carbocycles. The van der Waals surface area contributed by atoms with E-state index in [-0.39, 0.29) is 56.8 Å². The topological polar surface area (TPSA) is 198 Å². The van der Waals surface area contributed by atoms with Crippen LogP contribution in [0.3, 0.4) is 0 Å². The van der Waals surface area contributed by atoms with Gasteiger partial charge in [0, 0.05) is 31.1 Å². The van der Waals surface area contributed by atoms with Crippen LogP contribution in [0.25, 0.3) is 6.08 Å². The van der Waals surface area contributed by atoms with Crippen molar-refractivity contribution in [3.05, 3.63) is 86.1 Å². The third-order valence-electron chi connectivity index (χ3n) is 10.8. The zero-order valence-electron chi connectivity index (χ0n) is 42.6. The van der Waals surface area contributed by atoms with E-state index in [1.54, 1.807) is 12.1 Å². The summed E-state index contributed by atoms with van der Waals surface area (Å²) >= 11 is 1.44. The number of nitrogens with zero attached hydrogens (tertiary/aromatic N) is 1. The van der Waals surface area contributed by atoms with Gasteiger partial charge < -0.3 is 68.5 Å². The van der Waals surface area contributed by atoms with E-state index in [1.165, 1.54) is 23.5 Å². The molecule has 0 radical (unpaired) electrons. The van der Waals surface area contributed by atoms with Crippen LogP contribution in [0.2, 0.25) is 0 Å². The number of hydrogen-bond acceptors (Lipinski definition) is 18. The monoisotopic (exact) mass is 1110 g/mol. The molecule has 1 aromatic heterocycles. The van der Waals surface area contributed by atoms with Gasteiger partial charge >= 0.3 is 12.1 Å². The zero-order chi connectivity index (χ0) is 54.8. The number of carbonyl (C=O) groups is 2. The number of benzene rings is 2. The minimum absolute atomic E-state index is 0.0102. The molecule has 17 nitrogen and oxygen atoms in total. The molecule has 0 spiro atoms. The average molecular weight is 1110 g/mol. The summed E-state index contributed by atoms with van der Waals surface area (Å²) in [6.07, 6.45) is -2.26. The van der Waals surface area contributed by atoms with Crippen molar-refractivity contribution < 1.29 is 92.4 Å². The summed E-state index contributed by atoms with van der Waals surface area (Å²) in [5.74, 6) is -9.46. The minimum atomic E-state index is -4.57. The van der Waals surface area contributed by atoms with E-state index >= 15 is 0 Å². The van der Waals surface area contributed by atoms with E-state index in [1.807, 2.05) is 18.4 Å². The summed E-state index contributed by atoms with van der Waals surface area (Å²) in [4.78, 5) is 30.3. The molecule has 76 heavy (non-hydrogen) atoms. The Labute approximate surface area is 441 Å². The molecule has 1 atom stereocenters. The fourth-order valence-corrected chi connectivity index (χ4v) is 7.68. The first-order valence-corrected chi connectivity index (χ1v) is 25.8. The summed E-state index contributed by atoms with van der Waals surface area (Å²) in [5, 5.41) is 8.10. The van der Waals surface area contributed by atoms with Gasteiger partial charge in [0.05, 0.1) is 161 Å². The first-order chi connectivity index (χ1) is 36.8. The van der Waals surface area contributed by atoms with Gasteiger partial charge in [0.25, 0.3) is 0 Å². The maximum atomic E-state index is 14.2. The lowest BCUT2D eigenvalue weighted by molar-refractivity contribution is -0.138. The molecule has 1 aliphatic rings. The van der Waals surface area contributed by atoms with E-state index < -0.39 is 59.2 Å². The molecule has 2 aromatic carbocycles. The van der Waals surface area contributed by atoms with Gasteiger partial charge in [-0.3, -0.25) is 9.59 Å². The Balaban J connectivity index is 0.849. The van der Waals surface area contributed by atoms with Crippen LogP contribution in [-0.2, 0) is 76.1 Å². The van der Waals surface area contributed by atoms with Gasteiger partial charge in [0.15, 0.2) is 17.4 Å². The molecule has 426 valence electrons. The predicted octanol–water partition coefficient (Wildman–Crippen LogP) is 6.53. The maximum Gasteiger partial charge on any atom is 0.416 e. The second-order valence-corrected chi connectivity index (χ2v) is 17.4. The number of ketones is 1. The van der Waals surface area contributed by atoms with Crippen LogP contribution < -0.4 is 21.1 Å². The highest BCUT2D eigenvalue weighted by atomic mass is 32.1. The summed E-state index contributed by atoms with van der Waals surface area (Å²) < 4.78 is 155. The third-order valence-corrected chi connectivity index (χ3v) is 11.6. The number of nitrogens with one attached hydrogen (secondary N) is 2. The summed E-state index contributed by atoms with van der Waals surface area (Å²) in [6.45, 7) is 9.28. The number of aliphatic imine (C=N–C) groups is 1. The van der Waals surface area contributed by atoms with Crippen molar-refractivity contribution in [2.75, 3.05) is 145 Å². The number of carbonyl (C=O) groups excluding carboxylic acids is 2. The van der Waals surface area contributed by atoms with E-state index in [9.17, 15) is 40.3 Å². The number of hydrogen-bond donors (Lipinski definition) is 3. The highest BCUT2D eigenvalue weighted by Gasteiger charge is 2.34. The fraction of sp³-hybridized carbons (Fsp3) is 0.588. The molecule has 3 aromatic rings. The minimum Gasteiger partial charge on any atom is -0.420 e. The van der Waals surface area contributed by atoms with Gasteiger partial charge in [-0.1, -0.05) is 19.1 Å². The van der Waals surface area contributed by atoms with Crippen LogP contribution >= 0.6 is 11.3 Å². The van der Waals surface area contributed by atoms with E-state index in [0.29, 0.717) is 154 Å². The van der Waals surface area contributed by atoms with Crippen molar-refractivity contribution in [3.63, 3.8) is 0 Å². The number of esters is 1. The van der Waals surface area contributed by atoms with Gasteiger partial charge in [0.1, 0.15) is 5.84 Å². The van der Waals surface area contributed by atoms with E-state index in [0.717, 1.165) is 4.88 Å². The van der Waals surface area contributed by atoms with Gasteiger partial charge in [-0.25, -0.2) is 13.8 Å². The molecule has 4 N–H and O–H groups in total. The zero-order valence-corrected chi connectivity index (χ0v) is 43.4. The van der Waals surface area contributed by atoms with Crippen LogP contribution in [0.4, 0.5) is 36.4 Å². The molecule has 1 aliphatic heterocycles. The molecular weight excluding hydrogens is 1040 g/mol. The Morgan fingerprint density at radius 3 is 1.64 bits per heavy atom. The molecule has 4 rings (SSSR count). The second kappa shape index (κ2) is 37.4. The molecule has 2 heterocycles. The number of alkyl halides is 3. The molecule has 0 aliphatic carbocycles. The quantitative estimate of drug-likeness (QED) is 0.0182. The van der Waals surface area contributed by atoms with Crippen LogP contribution in [0.15, 0.2) is 46.3 Å². The Morgan fingerprint density at radius 1 is 0.671 bits per heavy atom. The molecule has 0 amide bonds. The van der Waals surface area contributed by atoms with E-state index in [4.69, 9.17) is 53.1 Å². The van der Waals surface area contributed by atoms with Crippen molar-refractivity contribution in [1.82, 2.24) is 10.6 Å². The Morgan fingerprint density at radius 2 is 1.16 bits per heavy atom. The normalized spacial score (nSPS) is 13.1. The maximum absolute atomic E-state index is 14.2. The smallest absolute Gasteiger partial charge is 0.416 e. The lowest BCUT2D eigenvalue weighted by atomic mass is 9.97. The molecule has 0 bridgehead atoms. The highest BCUT2D eigenvalue weighted by Crippen LogP contribution is 2.34. The van der Waals surface area contributed by atoms with Gasteiger partial charge in [-0.05, 0) is 54.1 Å². The van der Waals surface area contributed by atoms with Crippen LogP contribution in [-0.4, -0.2) is 169 Å². The molecule has 25 heteroatoms. The summed E-state index contributed by atoms with van der Waals surface area (Å²) in [5.41, 5.74) is 7.08. The van der Waals surface area contributed by atoms with Crippen molar-refractivity contribution >= 4 is 40.7 Å². The lowest BCUT2D eigenvalue weighted by Gasteiger charge is -2.20. The summed E-state index contributed by atoms with van der Waals surface area (Å²) in [7, 11) is 0. The molecular formula is C51H69F7N4O13S. The largest absolute Gasteiger partial charge is 0.420 e. The second-order valence-electron chi connectivity index (χ2n) is 16.5. The van der Waals surface area contributed by atoms with Crippen molar-refractivity contribution in [2.45, 2.75) is 51.4 Å². The van der Waals surface area contributed by atoms with Crippen molar-refractivity contribution in [1.29, 1.82) is 0 Å². The molecule has 0 fully saturated rings. The van der Waals surface area contributed by atoms with Crippen LogP contribution in [0.5, 0.6) is 5.75 Å². The number of fused-ring (bicyclic) bond motifs is 1. The third kappa shape index (κ3) is 25.3. The first kappa shape index (κ1) is 64.0. The average Bonchev–Trinajstić information content (AvgIpc) is 3.76. The van der Waals surface area contributed by atoms with Gasteiger partial charge in [-0.2, -0.15) is 22.0 Å². The number of rotatable bonds is 43. The number of thiophene rings is 1. The van der Waals surface area contributed by atoms with Crippen molar-refractivity contribution in [3.8, 4) is 5.75 Å². The predicted molar refractivity (Wildman–Crippen MR) is 267 cm³/mol. The fourth-order valence-electron chi connectivity index (χ4n) is 6.89. The van der Waals surface area contributed by atoms with Crippen LogP contribution in [0.1, 0.15) is 47.8 Å². The number of halogens is 7. The SMILES string of the molecule is CCC(NCc1ccc(CCNCCOCCOCCOCCOCCOCCOCCOCCOCCOCCOCCC(=O)Oc2c(F)c(F)cc(F)c2F)cc1C(F)(F)F)C(=O)C1=Cc2sccc2N=C(N)C1. The van der Waals surface area contributed by atoms with Gasteiger partial charge in [-0.15, -0.1) is 11.3 Å². The number of ether oxygens (including phenoxy) is 11. The lowest BCUT2D eigenvalue weighted by Crippen LogP contribution is -2.37. The van der Waals surface area contributed by atoms with E-state index in [2.05, 4.69) is 20.4 Å². The summed E-state index contributed by atoms with van der Waals surface area (Å²) in [6, 6.07) is 5.47. The van der Waals surface area contributed by atoms with Gasteiger partial charge in [0.2, 0.25) is 17.4 Å². The Hall–Kier alpha value is -4.48. The van der Waals surface area contributed by atoms with Crippen molar-refractivity contribution in [2.24, 2.45) is 10.7 Å². The Kier molecular flexibility index (Phi) is 31.5. The molecule has 1 unspecified atom stereocenters. The highest BCUT2D eigenvalue weighted by molar-refractivity contribution is 7.11. The van der Waals surface area contributed by atoms with Crippen LogP contribution in [0, 0.1) is 23.3 Å². The Bertz CT molecular complexity index is 2200.